The average molecular weight is 291 g/mol. The number of nitrogens with one attached hydrogen (secondary N) is 1. The monoisotopic (exact) mass is 291 g/mol. The maximum absolute atomic E-state index is 11.1. The zero-order chi connectivity index (χ0) is 15.2. The van der Waals surface area contributed by atoms with Crippen molar-refractivity contribution in [1.29, 1.82) is 0 Å². The molecule has 2 rings (SSSR count). The van der Waals surface area contributed by atoms with Gasteiger partial charge in [-0.2, -0.15) is 4.98 Å². The molecule has 1 heterocycles. The van der Waals surface area contributed by atoms with E-state index in [0.29, 0.717) is 17.7 Å². The SMILES string of the molecule is NNc1ncnc(Oc2ccccc2CCO)c1[N+](=O)[O-]. The van der Waals surface area contributed by atoms with E-state index in [1.165, 1.54) is 0 Å². The Morgan fingerprint density at radius 3 is 2.81 bits per heavy atom. The van der Waals surface area contributed by atoms with Crippen molar-refractivity contribution in [3.63, 3.8) is 0 Å². The van der Waals surface area contributed by atoms with E-state index in [1.54, 1.807) is 24.3 Å². The highest BCUT2D eigenvalue weighted by Crippen LogP contribution is 2.34. The van der Waals surface area contributed by atoms with Crippen LogP contribution < -0.4 is 16.0 Å². The van der Waals surface area contributed by atoms with Gasteiger partial charge in [0.25, 0.3) is 0 Å². The molecular weight excluding hydrogens is 278 g/mol. The third-order valence-corrected chi connectivity index (χ3v) is 2.67. The molecule has 2 aromatic rings. The molecule has 0 aliphatic carbocycles. The average Bonchev–Trinajstić information content (AvgIpc) is 2.49. The largest absolute Gasteiger partial charge is 0.433 e. The molecule has 9 nitrogen and oxygen atoms in total. The molecule has 0 unspecified atom stereocenters. The first-order valence-electron chi connectivity index (χ1n) is 6.00. The van der Waals surface area contributed by atoms with E-state index in [1.807, 2.05) is 0 Å². The van der Waals surface area contributed by atoms with Crippen molar-refractivity contribution < 1.29 is 14.8 Å². The third-order valence-electron chi connectivity index (χ3n) is 2.67. The second-order valence-electron chi connectivity index (χ2n) is 3.96. The van der Waals surface area contributed by atoms with Gasteiger partial charge in [0, 0.05) is 6.61 Å². The predicted octanol–water partition coefficient (Wildman–Crippen LogP) is 0.997. The molecule has 0 fully saturated rings. The smallest absolute Gasteiger partial charge is 0.374 e. The minimum absolute atomic E-state index is 0.0676. The van der Waals surface area contributed by atoms with Gasteiger partial charge < -0.3 is 15.3 Å². The Morgan fingerprint density at radius 1 is 1.38 bits per heavy atom. The lowest BCUT2D eigenvalue weighted by Crippen LogP contribution is -2.12. The van der Waals surface area contributed by atoms with Crippen molar-refractivity contribution in [2.45, 2.75) is 6.42 Å². The van der Waals surface area contributed by atoms with E-state index in [0.717, 1.165) is 6.33 Å². The molecule has 9 heteroatoms. The minimum Gasteiger partial charge on any atom is -0.433 e. The van der Waals surface area contributed by atoms with E-state index >= 15 is 0 Å². The van der Waals surface area contributed by atoms with Crippen molar-refractivity contribution in [1.82, 2.24) is 9.97 Å². The highest BCUT2D eigenvalue weighted by Gasteiger charge is 2.25. The fraction of sp³-hybridized carbons (Fsp3) is 0.167. The number of hydrogen-bond donors (Lipinski definition) is 3. The molecule has 0 spiro atoms. The molecule has 21 heavy (non-hydrogen) atoms. The lowest BCUT2D eigenvalue weighted by atomic mass is 10.1. The fourth-order valence-corrected chi connectivity index (χ4v) is 1.74. The molecule has 1 aromatic heterocycles. The number of nitrogens with two attached hydrogens (primary N) is 1. The highest BCUT2D eigenvalue weighted by molar-refractivity contribution is 5.61. The summed E-state index contributed by atoms with van der Waals surface area (Å²) in [6, 6.07) is 6.87. The van der Waals surface area contributed by atoms with Gasteiger partial charge in [-0.3, -0.25) is 10.1 Å². The number of hydrogen-bond acceptors (Lipinski definition) is 8. The van der Waals surface area contributed by atoms with Crippen LogP contribution in [0, 0.1) is 10.1 Å². The molecule has 0 saturated carbocycles. The van der Waals surface area contributed by atoms with Crippen molar-refractivity contribution in [2.24, 2.45) is 5.84 Å². The lowest BCUT2D eigenvalue weighted by Gasteiger charge is -2.10. The van der Waals surface area contributed by atoms with Crippen LogP contribution in [-0.4, -0.2) is 26.6 Å². The van der Waals surface area contributed by atoms with Gasteiger partial charge >= 0.3 is 11.6 Å². The maximum Gasteiger partial charge on any atom is 0.374 e. The number of nitrogens with zero attached hydrogens (tertiary/aromatic N) is 3. The molecule has 0 radical (unpaired) electrons. The first-order chi connectivity index (χ1) is 10.2. The number of benzene rings is 1. The van der Waals surface area contributed by atoms with Crippen molar-refractivity contribution in [3.05, 3.63) is 46.3 Å². The Kier molecular flexibility index (Phi) is 4.59. The summed E-state index contributed by atoms with van der Waals surface area (Å²) >= 11 is 0. The van der Waals surface area contributed by atoms with E-state index in [-0.39, 0.29) is 18.3 Å². The summed E-state index contributed by atoms with van der Waals surface area (Å²) in [4.78, 5) is 17.9. The number of para-hydroxylation sites is 1. The summed E-state index contributed by atoms with van der Waals surface area (Å²) in [7, 11) is 0. The number of aliphatic hydroxyl groups excluding tert-OH is 1. The van der Waals surface area contributed by atoms with Crippen LogP contribution in [0.2, 0.25) is 0 Å². The van der Waals surface area contributed by atoms with Crippen molar-refractivity contribution in [2.75, 3.05) is 12.0 Å². The Morgan fingerprint density at radius 2 is 2.14 bits per heavy atom. The topological polar surface area (TPSA) is 136 Å². The van der Waals surface area contributed by atoms with Crippen LogP contribution in [0.5, 0.6) is 11.6 Å². The Labute approximate surface area is 119 Å². The number of nitro groups is 1. The summed E-state index contributed by atoms with van der Waals surface area (Å²) in [5.41, 5.74) is 2.37. The van der Waals surface area contributed by atoms with Gasteiger partial charge in [-0.15, -0.1) is 0 Å². The van der Waals surface area contributed by atoms with E-state index in [2.05, 4.69) is 15.4 Å². The van der Waals surface area contributed by atoms with Crippen LogP contribution in [0.15, 0.2) is 30.6 Å². The minimum atomic E-state index is -0.681. The van der Waals surface area contributed by atoms with Crippen molar-refractivity contribution in [3.8, 4) is 11.6 Å². The zero-order valence-corrected chi connectivity index (χ0v) is 10.9. The molecule has 0 amide bonds. The second-order valence-corrected chi connectivity index (χ2v) is 3.96. The summed E-state index contributed by atoms with van der Waals surface area (Å²) < 4.78 is 5.50. The molecule has 0 aliphatic heterocycles. The molecule has 0 saturated heterocycles. The summed E-state index contributed by atoms with van der Waals surface area (Å²) in [5, 5.41) is 20.1. The van der Waals surface area contributed by atoms with Gasteiger partial charge in [0.05, 0.1) is 4.92 Å². The molecule has 0 aliphatic rings. The number of nitrogen functional groups attached to an aromatic ring is 1. The molecule has 110 valence electrons. The number of aliphatic hydroxyl groups is 1. The summed E-state index contributed by atoms with van der Waals surface area (Å²) in [5.74, 6) is 5.19. The maximum atomic E-state index is 11.1. The van der Waals surface area contributed by atoms with Gasteiger partial charge in [0.2, 0.25) is 5.82 Å². The van der Waals surface area contributed by atoms with E-state index in [4.69, 9.17) is 15.7 Å². The van der Waals surface area contributed by atoms with Gasteiger partial charge in [-0.25, -0.2) is 10.8 Å². The summed E-state index contributed by atoms with van der Waals surface area (Å²) in [6.07, 6.45) is 1.46. The highest BCUT2D eigenvalue weighted by atomic mass is 16.6. The number of rotatable bonds is 6. The molecule has 0 atom stereocenters. The zero-order valence-electron chi connectivity index (χ0n) is 10.9. The van der Waals surface area contributed by atoms with Crippen LogP contribution in [0.3, 0.4) is 0 Å². The molecule has 0 bridgehead atoms. The standard InChI is InChI=1S/C12H13N5O4/c13-16-11-10(17(19)20)12(15-7-14-11)21-9-4-2-1-3-8(9)5-6-18/h1-4,7,18H,5-6,13H2,(H,14,15,16). The van der Waals surface area contributed by atoms with Crippen LogP contribution in [0.4, 0.5) is 11.5 Å². The van der Waals surface area contributed by atoms with Crippen molar-refractivity contribution >= 4 is 11.5 Å². The Balaban J connectivity index is 2.42. The third kappa shape index (κ3) is 3.22. The van der Waals surface area contributed by atoms with Gasteiger partial charge in [0.1, 0.15) is 12.1 Å². The predicted molar refractivity (Wildman–Crippen MR) is 73.8 cm³/mol. The van der Waals surface area contributed by atoms with Crippen LogP contribution in [0.25, 0.3) is 0 Å². The normalized spacial score (nSPS) is 10.2. The second kappa shape index (κ2) is 6.59. The van der Waals surface area contributed by atoms with Crippen LogP contribution >= 0.6 is 0 Å². The van der Waals surface area contributed by atoms with E-state index < -0.39 is 10.6 Å². The summed E-state index contributed by atoms with van der Waals surface area (Å²) in [6.45, 7) is -0.0676. The van der Waals surface area contributed by atoms with Crippen LogP contribution in [0.1, 0.15) is 5.56 Å². The van der Waals surface area contributed by atoms with Gasteiger partial charge in [0.15, 0.2) is 0 Å². The Hall–Kier alpha value is -2.78. The Bertz CT molecular complexity index is 649. The molecular formula is C12H13N5O4. The number of anilines is 1. The first-order valence-corrected chi connectivity index (χ1v) is 6.00. The number of aromatic nitrogens is 2. The van der Waals surface area contributed by atoms with E-state index in [9.17, 15) is 10.1 Å². The number of ether oxygens (including phenoxy) is 1. The lowest BCUT2D eigenvalue weighted by molar-refractivity contribution is -0.385. The quantitative estimate of drug-likeness (QED) is 0.407. The molecule has 1 aromatic carbocycles. The first kappa shape index (κ1) is 14.6. The fourth-order valence-electron chi connectivity index (χ4n) is 1.74. The van der Waals surface area contributed by atoms with Gasteiger partial charge in [-0.05, 0) is 18.1 Å². The number of hydrazine groups is 1. The van der Waals surface area contributed by atoms with Crippen LogP contribution in [-0.2, 0) is 6.42 Å². The van der Waals surface area contributed by atoms with Gasteiger partial charge in [-0.1, -0.05) is 18.2 Å². The molecule has 4 N–H and O–H groups in total.